The number of carbonyl (C=O) groups excluding carboxylic acids is 1. The van der Waals surface area contributed by atoms with Gasteiger partial charge in [0.25, 0.3) is 11.6 Å². The van der Waals surface area contributed by atoms with Crippen LogP contribution in [-0.2, 0) is 5.41 Å². The van der Waals surface area contributed by atoms with E-state index in [0.29, 0.717) is 12.1 Å². The van der Waals surface area contributed by atoms with Crippen molar-refractivity contribution in [3.05, 3.63) is 75.3 Å². The number of benzene rings is 2. The number of rotatable bonds is 3. The van der Waals surface area contributed by atoms with Gasteiger partial charge < -0.3 is 4.90 Å². The Bertz CT molecular complexity index is 810. The van der Waals surface area contributed by atoms with E-state index in [1.54, 1.807) is 23.9 Å². The highest BCUT2D eigenvalue weighted by Crippen LogP contribution is 2.39. The predicted molar refractivity (Wildman–Crippen MR) is 104 cm³/mol. The topological polar surface area (TPSA) is 63.5 Å². The summed E-state index contributed by atoms with van der Waals surface area (Å²) >= 11 is 1.68. The molecule has 26 heavy (non-hydrogen) atoms. The Balaban J connectivity index is 1.81. The second kappa shape index (κ2) is 7.11. The quantitative estimate of drug-likeness (QED) is 0.576. The number of nitrogens with zero attached hydrogens (tertiary/aromatic N) is 2. The Morgan fingerprint density at radius 3 is 2.27 bits per heavy atom. The summed E-state index contributed by atoms with van der Waals surface area (Å²) in [4.78, 5) is 25.2. The molecule has 1 atom stereocenters. The molecule has 2 aromatic rings. The molecule has 0 N–H and O–H groups in total. The van der Waals surface area contributed by atoms with Gasteiger partial charge in [0.2, 0.25) is 0 Å². The van der Waals surface area contributed by atoms with Gasteiger partial charge in [-0.05, 0) is 40.8 Å². The van der Waals surface area contributed by atoms with Crippen molar-refractivity contribution in [2.24, 2.45) is 0 Å². The van der Waals surface area contributed by atoms with Gasteiger partial charge in [0.05, 0.1) is 4.92 Å². The van der Waals surface area contributed by atoms with Gasteiger partial charge in [0.15, 0.2) is 0 Å². The lowest BCUT2D eigenvalue weighted by Gasteiger charge is -2.25. The van der Waals surface area contributed by atoms with E-state index in [1.165, 1.54) is 17.7 Å². The number of hydrogen-bond donors (Lipinski definition) is 0. The SMILES string of the molecule is CC(C)(C)c1ccc(C(=O)N2CCSC2c2ccc([N+](=O)[O-])cc2)cc1. The van der Waals surface area contributed by atoms with E-state index in [-0.39, 0.29) is 22.4 Å². The summed E-state index contributed by atoms with van der Waals surface area (Å²) < 4.78 is 0. The first kappa shape index (κ1) is 18.5. The number of non-ortho nitro benzene ring substituents is 1. The van der Waals surface area contributed by atoms with Gasteiger partial charge in [-0.2, -0.15) is 0 Å². The molecule has 0 bridgehead atoms. The largest absolute Gasteiger partial charge is 0.322 e. The lowest BCUT2D eigenvalue weighted by Crippen LogP contribution is -2.30. The number of hydrogen-bond acceptors (Lipinski definition) is 4. The molecule has 1 aliphatic rings. The minimum absolute atomic E-state index is 0.00110. The zero-order chi connectivity index (χ0) is 18.9. The van der Waals surface area contributed by atoms with Gasteiger partial charge in [-0.1, -0.05) is 32.9 Å². The minimum atomic E-state index is -0.411. The molecule has 1 amide bonds. The molecule has 3 rings (SSSR count). The smallest absolute Gasteiger partial charge is 0.269 e. The zero-order valence-electron chi connectivity index (χ0n) is 15.1. The molecule has 1 heterocycles. The third-order valence-corrected chi connectivity index (χ3v) is 5.80. The van der Waals surface area contributed by atoms with E-state index >= 15 is 0 Å². The van der Waals surface area contributed by atoms with Crippen LogP contribution in [0.1, 0.15) is 47.6 Å². The molecule has 5 nitrogen and oxygen atoms in total. The number of thioether (sulfide) groups is 1. The van der Waals surface area contributed by atoms with Gasteiger partial charge >= 0.3 is 0 Å². The maximum Gasteiger partial charge on any atom is 0.269 e. The summed E-state index contributed by atoms with van der Waals surface area (Å²) in [5.74, 6) is 0.854. The zero-order valence-corrected chi connectivity index (χ0v) is 16.0. The molecule has 1 saturated heterocycles. The highest BCUT2D eigenvalue weighted by Gasteiger charge is 2.31. The number of carbonyl (C=O) groups is 1. The van der Waals surface area contributed by atoms with Crippen molar-refractivity contribution in [1.29, 1.82) is 0 Å². The van der Waals surface area contributed by atoms with Crippen LogP contribution >= 0.6 is 11.8 Å². The first-order valence-corrected chi connectivity index (χ1v) is 9.60. The second-order valence-corrected chi connectivity index (χ2v) is 8.59. The van der Waals surface area contributed by atoms with Gasteiger partial charge in [-0.3, -0.25) is 14.9 Å². The van der Waals surface area contributed by atoms with E-state index in [4.69, 9.17) is 0 Å². The summed E-state index contributed by atoms with van der Waals surface area (Å²) in [5.41, 5.74) is 2.89. The molecule has 1 unspecified atom stereocenters. The third-order valence-electron chi connectivity index (χ3n) is 4.54. The van der Waals surface area contributed by atoms with Crippen LogP contribution in [0.4, 0.5) is 5.69 Å². The molecule has 136 valence electrons. The average molecular weight is 370 g/mol. The Hall–Kier alpha value is -2.34. The van der Waals surface area contributed by atoms with Gasteiger partial charge in [0, 0.05) is 30.0 Å². The fourth-order valence-electron chi connectivity index (χ4n) is 2.99. The van der Waals surface area contributed by atoms with Crippen LogP contribution in [0.2, 0.25) is 0 Å². The van der Waals surface area contributed by atoms with Crippen LogP contribution in [0.25, 0.3) is 0 Å². The van der Waals surface area contributed by atoms with Crippen molar-refractivity contribution in [2.45, 2.75) is 31.6 Å². The number of nitro benzene ring substituents is 1. The van der Waals surface area contributed by atoms with Gasteiger partial charge in [-0.15, -0.1) is 11.8 Å². The molecule has 1 aliphatic heterocycles. The minimum Gasteiger partial charge on any atom is -0.322 e. The molecular weight excluding hydrogens is 348 g/mol. The van der Waals surface area contributed by atoms with Crippen molar-refractivity contribution in [1.82, 2.24) is 4.90 Å². The maximum absolute atomic E-state index is 13.0. The van der Waals surface area contributed by atoms with E-state index in [1.807, 2.05) is 29.2 Å². The first-order chi connectivity index (χ1) is 12.3. The lowest BCUT2D eigenvalue weighted by atomic mass is 9.86. The normalized spacial score (nSPS) is 17.3. The summed E-state index contributed by atoms with van der Waals surface area (Å²) in [6, 6.07) is 14.3. The lowest BCUT2D eigenvalue weighted by molar-refractivity contribution is -0.384. The second-order valence-electron chi connectivity index (χ2n) is 7.40. The van der Waals surface area contributed by atoms with Crippen LogP contribution in [-0.4, -0.2) is 28.0 Å². The Kier molecular flexibility index (Phi) is 5.05. The molecule has 0 radical (unpaired) electrons. The van der Waals surface area contributed by atoms with Crippen LogP contribution < -0.4 is 0 Å². The molecule has 0 saturated carbocycles. The van der Waals surface area contributed by atoms with E-state index < -0.39 is 4.92 Å². The third kappa shape index (κ3) is 3.75. The maximum atomic E-state index is 13.0. The molecule has 0 aliphatic carbocycles. The fourth-order valence-corrected chi connectivity index (χ4v) is 4.25. The molecule has 6 heteroatoms. The predicted octanol–water partition coefficient (Wildman–Crippen LogP) is 4.78. The van der Waals surface area contributed by atoms with Crippen LogP contribution in [0.5, 0.6) is 0 Å². The van der Waals surface area contributed by atoms with Crippen molar-refractivity contribution in [3.8, 4) is 0 Å². The van der Waals surface area contributed by atoms with E-state index in [0.717, 1.165) is 11.3 Å². The number of nitro groups is 1. The van der Waals surface area contributed by atoms with Crippen molar-refractivity contribution < 1.29 is 9.72 Å². The summed E-state index contributed by atoms with van der Waals surface area (Å²) in [6.07, 6.45) is 0. The fraction of sp³-hybridized carbons (Fsp3) is 0.350. The number of amides is 1. The first-order valence-electron chi connectivity index (χ1n) is 8.55. The van der Waals surface area contributed by atoms with E-state index in [2.05, 4.69) is 20.8 Å². The summed E-state index contributed by atoms with van der Waals surface area (Å²) in [7, 11) is 0. The van der Waals surface area contributed by atoms with Crippen molar-refractivity contribution >= 4 is 23.4 Å². The van der Waals surface area contributed by atoms with Gasteiger partial charge in [-0.25, -0.2) is 0 Å². The summed E-state index contributed by atoms with van der Waals surface area (Å²) in [6.45, 7) is 7.11. The van der Waals surface area contributed by atoms with Crippen LogP contribution in [0.3, 0.4) is 0 Å². The Labute approximate surface area is 157 Å². The summed E-state index contributed by atoms with van der Waals surface area (Å²) in [5, 5.41) is 10.7. The molecule has 0 spiro atoms. The van der Waals surface area contributed by atoms with Crippen molar-refractivity contribution in [2.75, 3.05) is 12.3 Å². The van der Waals surface area contributed by atoms with Gasteiger partial charge in [0.1, 0.15) is 5.37 Å². The highest BCUT2D eigenvalue weighted by atomic mass is 32.2. The van der Waals surface area contributed by atoms with Crippen LogP contribution in [0, 0.1) is 10.1 Å². The van der Waals surface area contributed by atoms with E-state index in [9.17, 15) is 14.9 Å². The van der Waals surface area contributed by atoms with Crippen molar-refractivity contribution in [3.63, 3.8) is 0 Å². The Morgan fingerprint density at radius 1 is 1.12 bits per heavy atom. The highest BCUT2D eigenvalue weighted by molar-refractivity contribution is 7.99. The molecule has 2 aromatic carbocycles. The molecule has 0 aromatic heterocycles. The molecule has 1 fully saturated rings. The standard InChI is InChI=1S/C20H22N2O3S/c1-20(2,3)16-8-4-14(5-9-16)18(23)21-12-13-26-19(21)15-6-10-17(11-7-15)22(24)25/h4-11,19H,12-13H2,1-3H3. The average Bonchev–Trinajstić information content (AvgIpc) is 3.10. The molecular formula is C20H22N2O3S. The Morgan fingerprint density at radius 2 is 1.73 bits per heavy atom. The monoisotopic (exact) mass is 370 g/mol. The van der Waals surface area contributed by atoms with Crippen LogP contribution in [0.15, 0.2) is 48.5 Å².